The second-order valence-corrected chi connectivity index (χ2v) is 1.43. The van der Waals surface area contributed by atoms with Crippen LogP contribution in [-0.4, -0.2) is 12.1 Å². The molecule has 0 bridgehead atoms. The van der Waals surface area contributed by atoms with Gasteiger partial charge in [0.2, 0.25) is 0 Å². The highest BCUT2D eigenvalue weighted by molar-refractivity contribution is 6.27. The van der Waals surface area contributed by atoms with Crippen LogP contribution in [0.4, 0.5) is 0 Å². The standard InChI is InChI=1S/C5H4N2O/c1-4-2-7-5(8)3-6-4/h2H,1H3. The molecule has 3 heteroatoms. The highest BCUT2D eigenvalue weighted by Crippen LogP contribution is 1.94. The smallest absolute Gasteiger partial charge is 0.265 e. The zero-order valence-corrected chi connectivity index (χ0v) is 4.38. The molecular formula is C5H4N2O. The topological polar surface area (TPSA) is 43.5 Å². The van der Waals surface area contributed by atoms with Gasteiger partial charge in [-0.25, -0.2) is 10.3 Å². The van der Waals surface area contributed by atoms with E-state index in [1.807, 2.05) is 0 Å². The molecule has 0 aromatic carbocycles. The van der Waals surface area contributed by atoms with E-state index >= 15 is 0 Å². The number of rotatable bonds is 0. The molecule has 0 unspecified atom stereocenters. The van der Waals surface area contributed by atoms with Crippen molar-refractivity contribution in [3.63, 3.8) is 0 Å². The summed E-state index contributed by atoms with van der Waals surface area (Å²) in [6, 6.07) is 0. The summed E-state index contributed by atoms with van der Waals surface area (Å²) in [7, 11) is 0. The molecule has 0 fully saturated rings. The van der Waals surface area contributed by atoms with Gasteiger partial charge in [-0.15, -0.1) is 0 Å². The number of hydrogen-bond acceptors (Lipinski definition) is 2. The minimum atomic E-state index is -0.407. The van der Waals surface area contributed by atoms with Crippen LogP contribution < -0.4 is 5.32 Å². The van der Waals surface area contributed by atoms with E-state index in [0.29, 0.717) is 5.70 Å². The minimum absolute atomic E-state index is 0.407. The van der Waals surface area contributed by atoms with Gasteiger partial charge in [0.1, 0.15) is 0 Å². The second kappa shape index (κ2) is 1.78. The lowest BCUT2D eigenvalue weighted by Gasteiger charge is -1.95. The van der Waals surface area contributed by atoms with Crippen LogP contribution in [0.15, 0.2) is 16.9 Å². The fourth-order valence-electron chi connectivity index (χ4n) is 0.346. The van der Waals surface area contributed by atoms with Crippen LogP contribution in [0.25, 0.3) is 0 Å². The molecule has 0 N–H and O–H groups in total. The number of amides is 1. The molecular weight excluding hydrogens is 104 g/mol. The van der Waals surface area contributed by atoms with E-state index < -0.39 is 5.91 Å². The van der Waals surface area contributed by atoms with Gasteiger partial charge in [-0.3, -0.25) is 4.79 Å². The maximum absolute atomic E-state index is 10.2. The quantitative estimate of drug-likeness (QED) is 0.428. The Labute approximate surface area is 47.1 Å². The first-order valence-corrected chi connectivity index (χ1v) is 2.17. The lowest BCUT2D eigenvalue weighted by molar-refractivity contribution is -0.113. The average Bonchev–Trinajstić information content (AvgIpc) is 1.77. The summed E-state index contributed by atoms with van der Waals surface area (Å²) in [5, 5.41) is 3.41. The summed E-state index contributed by atoms with van der Waals surface area (Å²) in [5.74, 6) is -0.407. The van der Waals surface area contributed by atoms with Crippen molar-refractivity contribution in [2.75, 3.05) is 0 Å². The van der Waals surface area contributed by atoms with Crippen LogP contribution in [-0.2, 0) is 4.79 Å². The van der Waals surface area contributed by atoms with E-state index in [4.69, 9.17) is 0 Å². The fourth-order valence-corrected chi connectivity index (χ4v) is 0.346. The fraction of sp³-hybridized carbons (Fsp3) is 0.200. The Morgan fingerprint density at radius 3 is 2.88 bits per heavy atom. The lowest BCUT2D eigenvalue weighted by atomic mass is 10.5. The van der Waals surface area contributed by atoms with Gasteiger partial charge in [0.15, 0.2) is 6.21 Å². The molecule has 0 saturated heterocycles. The molecule has 0 spiro atoms. The molecule has 0 aliphatic carbocycles. The van der Waals surface area contributed by atoms with Crippen molar-refractivity contribution >= 4 is 12.1 Å². The Kier molecular flexibility index (Phi) is 1.12. The third-order valence-corrected chi connectivity index (χ3v) is 0.697. The molecule has 1 aliphatic heterocycles. The lowest BCUT2D eigenvalue weighted by Crippen LogP contribution is -2.14. The summed E-state index contributed by atoms with van der Waals surface area (Å²) >= 11 is 0. The summed E-state index contributed by atoms with van der Waals surface area (Å²) < 4.78 is 0. The van der Waals surface area contributed by atoms with E-state index in [9.17, 15) is 4.79 Å². The Morgan fingerprint density at radius 2 is 2.50 bits per heavy atom. The van der Waals surface area contributed by atoms with E-state index in [2.05, 4.69) is 16.5 Å². The molecule has 40 valence electrons. The summed E-state index contributed by atoms with van der Waals surface area (Å²) in [4.78, 5) is 13.8. The van der Waals surface area contributed by atoms with Crippen molar-refractivity contribution in [3.05, 3.63) is 11.9 Å². The predicted octanol–water partition coefficient (Wildman–Crippen LogP) is -0.0599. The monoisotopic (exact) mass is 108 g/mol. The highest BCUT2D eigenvalue weighted by Gasteiger charge is 2.00. The summed E-state index contributed by atoms with van der Waals surface area (Å²) in [5.41, 5.74) is 0.713. The third kappa shape index (κ3) is 0.932. The Morgan fingerprint density at radius 1 is 1.75 bits per heavy atom. The van der Waals surface area contributed by atoms with Crippen molar-refractivity contribution in [2.24, 2.45) is 4.99 Å². The Hall–Kier alpha value is -1.12. The number of carbonyl (C=O) groups is 1. The maximum atomic E-state index is 10.2. The van der Waals surface area contributed by atoms with Crippen LogP contribution in [0.2, 0.25) is 0 Å². The second-order valence-electron chi connectivity index (χ2n) is 1.43. The van der Waals surface area contributed by atoms with Crippen LogP contribution >= 0.6 is 0 Å². The van der Waals surface area contributed by atoms with Crippen LogP contribution in [0.3, 0.4) is 0 Å². The first kappa shape index (κ1) is 5.03. The van der Waals surface area contributed by atoms with Gasteiger partial charge in [0, 0.05) is 0 Å². The number of nitrogens with zero attached hydrogens (tertiary/aromatic N) is 2. The molecule has 1 amide bonds. The van der Waals surface area contributed by atoms with Gasteiger partial charge in [0.05, 0.1) is 11.9 Å². The van der Waals surface area contributed by atoms with Gasteiger partial charge in [-0.2, -0.15) is 0 Å². The summed E-state index contributed by atoms with van der Waals surface area (Å²) in [6.45, 7) is 1.75. The Bertz CT molecular complexity index is 167. The maximum Gasteiger partial charge on any atom is 0.298 e. The van der Waals surface area contributed by atoms with Crippen molar-refractivity contribution in [1.82, 2.24) is 5.32 Å². The minimum Gasteiger partial charge on any atom is -0.265 e. The zero-order valence-electron chi connectivity index (χ0n) is 4.38. The number of carbonyl (C=O) groups excluding carboxylic acids is 1. The molecule has 0 atom stereocenters. The molecule has 2 radical (unpaired) electrons. The van der Waals surface area contributed by atoms with Crippen LogP contribution in [0, 0.1) is 0 Å². The molecule has 8 heavy (non-hydrogen) atoms. The van der Waals surface area contributed by atoms with Crippen molar-refractivity contribution in [2.45, 2.75) is 6.92 Å². The number of aliphatic imine (C=N–C) groups is 1. The van der Waals surface area contributed by atoms with Gasteiger partial charge in [0.25, 0.3) is 5.91 Å². The van der Waals surface area contributed by atoms with Gasteiger partial charge >= 0.3 is 0 Å². The molecule has 0 aromatic heterocycles. The van der Waals surface area contributed by atoms with E-state index in [0.717, 1.165) is 0 Å². The van der Waals surface area contributed by atoms with E-state index in [-0.39, 0.29) is 0 Å². The zero-order chi connectivity index (χ0) is 5.98. The van der Waals surface area contributed by atoms with Crippen molar-refractivity contribution in [1.29, 1.82) is 0 Å². The predicted molar refractivity (Wildman–Crippen MR) is 28.3 cm³/mol. The van der Waals surface area contributed by atoms with E-state index in [1.165, 1.54) is 6.20 Å². The number of allylic oxidation sites excluding steroid dienone is 1. The van der Waals surface area contributed by atoms with E-state index in [1.54, 1.807) is 6.92 Å². The SMILES string of the molecule is CC1=C[N]C(=O)[C]=N1. The molecule has 0 aromatic rings. The normalized spacial score (nSPS) is 17.6. The van der Waals surface area contributed by atoms with Crippen molar-refractivity contribution in [3.8, 4) is 0 Å². The first-order valence-electron chi connectivity index (χ1n) is 2.17. The van der Waals surface area contributed by atoms with Crippen molar-refractivity contribution < 1.29 is 4.79 Å². The van der Waals surface area contributed by atoms with Crippen LogP contribution in [0.1, 0.15) is 6.92 Å². The largest absolute Gasteiger partial charge is 0.298 e. The van der Waals surface area contributed by atoms with Gasteiger partial charge < -0.3 is 0 Å². The molecule has 3 nitrogen and oxygen atoms in total. The molecule has 1 heterocycles. The molecule has 0 saturated carbocycles. The number of hydrogen-bond donors (Lipinski definition) is 0. The molecule has 1 rings (SSSR count). The first-order chi connectivity index (χ1) is 3.79. The molecule has 1 aliphatic rings. The third-order valence-electron chi connectivity index (χ3n) is 0.697. The van der Waals surface area contributed by atoms with Gasteiger partial charge in [-0.05, 0) is 6.92 Å². The average molecular weight is 108 g/mol. The Balaban J connectivity index is 2.71. The van der Waals surface area contributed by atoms with Crippen LogP contribution in [0.5, 0.6) is 0 Å². The van der Waals surface area contributed by atoms with Gasteiger partial charge in [-0.1, -0.05) is 0 Å². The summed E-state index contributed by atoms with van der Waals surface area (Å²) in [6.07, 6.45) is 3.60. The highest BCUT2D eigenvalue weighted by atomic mass is 16.1.